The van der Waals surface area contributed by atoms with Gasteiger partial charge in [-0.05, 0) is 86.5 Å². The molecule has 0 bridgehead atoms. The lowest BCUT2D eigenvalue weighted by Crippen LogP contribution is -2.56. The van der Waals surface area contributed by atoms with Gasteiger partial charge < -0.3 is 25.8 Å². The number of hydrogen-bond donors (Lipinski definition) is 2. The van der Waals surface area contributed by atoms with Gasteiger partial charge in [0.1, 0.15) is 12.1 Å². The lowest BCUT2D eigenvalue weighted by atomic mass is 9.75. The summed E-state index contributed by atoms with van der Waals surface area (Å²) in [7, 11) is 5.50. The highest BCUT2D eigenvalue weighted by atomic mass is 16.2. The first-order chi connectivity index (χ1) is 22.6. The molecule has 5 rings (SSSR count). The maximum Gasteiger partial charge on any atom is 0.246 e. The minimum atomic E-state index is -0.813. The Bertz CT molecular complexity index is 1550. The van der Waals surface area contributed by atoms with Crippen molar-refractivity contribution in [1.82, 2.24) is 20.0 Å². The van der Waals surface area contributed by atoms with Gasteiger partial charge in [-0.1, -0.05) is 78.9 Å². The molecule has 3 atom stereocenters. The molecule has 3 aromatic carbocycles. The first kappa shape index (κ1) is 34.3. The summed E-state index contributed by atoms with van der Waals surface area (Å²) < 4.78 is 0. The molecule has 1 saturated heterocycles. The molecule has 3 N–H and O–H groups in total. The van der Waals surface area contributed by atoms with Gasteiger partial charge in [-0.2, -0.15) is 0 Å². The van der Waals surface area contributed by atoms with Crippen molar-refractivity contribution in [1.29, 1.82) is 0 Å². The number of nitrogens with one attached hydrogen (secondary N) is 1. The zero-order valence-corrected chi connectivity index (χ0v) is 28.2. The van der Waals surface area contributed by atoms with Crippen LogP contribution in [0, 0.1) is 0 Å². The van der Waals surface area contributed by atoms with Gasteiger partial charge in [-0.25, -0.2) is 0 Å². The molecule has 0 spiro atoms. The molecule has 2 aliphatic rings. The monoisotopic (exact) mass is 637 g/mol. The van der Waals surface area contributed by atoms with E-state index in [1.54, 1.807) is 25.1 Å². The van der Waals surface area contributed by atoms with E-state index in [4.69, 9.17) is 5.73 Å². The molecule has 2 fully saturated rings. The summed E-state index contributed by atoms with van der Waals surface area (Å²) in [4.78, 5) is 47.3. The maximum atomic E-state index is 14.5. The molecule has 1 aliphatic carbocycles. The normalized spacial score (nSPS) is 18.9. The molecule has 3 amide bonds. The van der Waals surface area contributed by atoms with Crippen LogP contribution in [0.3, 0.4) is 0 Å². The standard InChI is InChI=1S/C39H51N5O3/c1-42-25-10-16-33(42)20-24-41-37(46)34(27-29-12-5-4-6-13-29)44(3)38(47)35(28-30-18-19-31-14-7-8-15-32(31)26-30)43(2)36(45)17-9-21-39(40)22-11-23-39/h4-9,12-15,17-19,26,33-35H,10-11,16,20-25,27-28,40H2,1-3H3,(H,41,46)/b17-9+/t33?,34-,35-/m1/s1. The summed E-state index contributed by atoms with van der Waals surface area (Å²) in [6, 6.07) is 22.9. The van der Waals surface area contributed by atoms with Gasteiger partial charge in [0.2, 0.25) is 17.7 Å². The fourth-order valence-corrected chi connectivity index (χ4v) is 6.93. The molecular formula is C39H51N5O3. The molecule has 0 radical (unpaired) electrons. The van der Waals surface area contributed by atoms with Crippen molar-refractivity contribution in [2.75, 3.05) is 34.2 Å². The Hall–Kier alpha value is -4.01. The fourth-order valence-electron chi connectivity index (χ4n) is 6.93. The molecule has 1 unspecified atom stereocenters. The number of carbonyl (C=O) groups is 3. The van der Waals surface area contributed by atoms with E-state index in [1.165, 1.54) is 11.3 Å². The third-order valence-electron chi connectivity index (χ3n) is 10.3. The van der Waals surface area contributed by atoms with E-state index < -0.39 is 12.1 Å². The Labute approximate surface area is 280 Å². The Kier molecular flexibility index (Phi) is 11.5. The highest BCUT2D eigenvalue weighted by Gasteiger charge is 2.35. The molecule has 1 saturated carbocycles. The number of carbonyl (C=O) groups excluding carboxylic acids is 3. The predicted molar refractivity (Wildman–Crippen MR) is 189 cm³/mol. The third-order valence-corrected chi connectivity index (χ3v) is 10.3. The smallest absolute Gasteiger partial charge is 0.246 e. The molecule has 0 aromatic heterocycles. The largest absolute Gasteiger partial charge is 0.354 e. The van der Waals surface area contributed by atoms with Crippen LogP contribution in [-0.4, -0.2) is 90.3 Å². The van der Waals surface area contributed by atoms with Crippen LogP contribution < -0.4 is 11.1 Å². The average molecular weight is 638 g/mol. The predicted octanol–water partition coefficient (Wildman–Crippen LogP) is 4.71. The van der Waals surface area contributed by atoms with E-state index >= 15 is 0 Å². The fraction of sp³-hybridized carbons (Fsp3) is 0.462. The number of likely N-dealkylation sites (tertiary alicyclic amines) is 1. The number of rotatable bonds is 14. The Morgan fingerprint density at radius 1 is 0.915 bits per heavy atom. The first-order valence-corrected chi connectivity index (χ1v) is 17.1. The van der Waals surface area contributed by atoms with Gasteiger partial charge in [0, 0.05) is 45.1 Å². The summed E-state index contributed by atoms with van der Waals surface area (Å²) in [5.74, 6) is -0.717. The zero-order chi connectivity index (χ0) is 33.4. The molecule has 1 aliphatic heterocycles. The number of likely N-dealkylation sites (N-methyl/N-ethyl adjacent to an activating group) is 2. The number of nitrogens with two attached hydrogens (primary N) is 1. The third kappa shape index (κ3) is 8.87. The Morgan fingerprint density at radius 3 is 2.30 bits per heavy atom. The molecule has 47 heavy (non-hydrogen) atoms. The van der Waals surface area contributed by atoms with Gasteiger partial charge in [-0.15, -0.1) is 0 Å². The second-order valence-electron chi connectivity index (χ2n) is 13.7. The maximum absolute atomic E-state index is 14.5. The van der Waals surface area contributed by atoms with Crippen LogP contribution in [-0.2, 0) is 27.2 Å². The van der Waals surface area contributed by atoms with Crippen LogP contribution in [0.4, 0.5) is 0 Å². The van der Waals surface area contributed by atoms with E-state index in [9.17, 15) is 14.4 Å². The lowest BCUT2D eigenvalue weighted by molar-refractivity contribution is -0.146. The van der Waals surface area contributed by atoms with E-state index in [2.05, 4.69) is 29.4 Å². The van der Waals surface area contributed by atoms with Gasteiger partial charge in [0.15, 0.2) is 0 Å². The zero-order valence-electron chi connectivity index (χ0n) is 28.2. The Morgan fingerprint density at radius 2 is 1.62 bits per heavy atom. The van der Waals surface area contributed by atoms with Crippen molar-refractivity contribution in [3.63, 3.8) is 0 Å². The van der Waals surface area contributed by atoms with Crippen molar-refractivity contribution in [3.05, 3.63) is 96.1 Å². The van der Waals surface area contributed by atoms with Crippen LogP contribution in [0.15, 0.2) is 84.9 Å². The molecule has 3 aromatic rings. The summed E-state index contributed by atoms with van der Waals surface area (Å²) in [5.41, 5.74) is 8.06. The van der Waals surface area contributed by atoms with Crippen molar-refractivity contribution in [2.24, 2.45) is 5.73 Å². The number of amides is 3. The van der Waals surface area contributed by atoms with Crippen molar-refractivity contribution in [3.8, 4) is 0 Å². The topological polar surface area (TPSA) is 99.0 Å². The van der Waals surface area contributed by atoms with Gasteiger partial charge in [0.25, 0.3) is 0 Å². The van der Waals surface area contributed by atoms with Crippen LogP contribution in [0.5, 0.6) is 0 Å². The molecule has 8 nitrogen and oxygen atoms in total. The molecule has 8 heteroatoms. The summed E-state index contributed by atoms with van der Waals surface area (Å²) in [5, 5.41) is 5.32. The van der Waals surface area contributed by atoms with Crippen LogP contribution >= 0.6 is 0 Å². The molecule has 250 valence electrons. The highest BCUT2D eigenvalue weighted by Crippen LogP contribution is 2.32. The quantitative estimate of drug-likeness (QED) is 0.250. The van der Waals surface area contributed by atoms with Crippen LogP contribution in [0.1, 0.15) is 56.1 Å². The van der Waals surface area contributed by atoms with E-state index in [0.29, 0.717) is 31.8 Å². The summed E-state index contributed by atoms with van der Waals surface area (Å²) in [6.07, 6.45) is 10.9. The molecular weight excluding hydrogens is 586 g/mol. The van der Waals surface area contributed by atoms with Crippen LogP contribution in [0.2, 0.25) is 0 Å². The summed E-state index contributed by atoms with van der Waals surface area (Å²) in [6.45, 7) is 1.63. The van der Waals surface area contributed by atoms with Crippen molar-refractivity contribution < 1.29 is 14.4 Å². The number of benzene rings is 3. The average Bonchev–Trinajstić information content (AvgIpc) is 3.48. The number of hydrogen-bond acceptors (Lipinski definition) is 5. The van der Waals surface area contributed by atoms with E-state index in [1.807, 2.05) is 66.7 Å². The van der Waals surface area contributed by atoms with E-state index in [-0.39, 0.29) is 23.3 Å². The first-order valence-electron chi connectivity index (χ1n) is 17.1. The minimum absolute atomic E-state index is 0.183. The van der Waals surface area contributed by atoms with Gasteiger partial charge >= 0.3 is 0 Å². The summed E-state index contributed by atoms with van der Waals surface area (Å²) >= 11 is 0. The van der Waals surface area contributed by atoms with Crippen molar-refractivity contribution in [2.45, 2.75) is 81.5 Å². The second-order valence-corrected chi connectivity index (χ2v) is 13.7. The minimum Gasteiger partial charge on any atom is -0.354 e. The van der Waals surface area contributed by atoms with Gasteiger partial charge in [0.05, 0.1) is 0 Å². The Balaban J connectivity index is 1.37. The van der Waals surface area contributed by atoms with Gasteiger partial charge in [-0.3, -0.25) is 14.4 Å². The lowest BCUT2D eigenvalue weighted by Gasteiger charge is -2.37. The van der Waals surface area contributed by atoms with Crippen LogP contribution in [0.25, 0.3) is 10.8 Å². The second kappa shape index (κ2) is 15.7. The van der Waals surface area contributed by atoms with Crippen molar-refractivity contribution >= 4 is 28.5 Å². The number of fused-ring (bicyclic) bond motifs is 1. The SMILES string of the molecule is CN1CCCC1CCNC(=O)[C@@H](Cc1ccccc1)N(C)C(=O)[C@@H](Cc1ccc2ccccc2c1)N(C)C(=O)/C=C/CC1(N)CCC1. The van der Waals surface area contributed by atoms with E-state index in [0.717, 1.165) is 60.5 Å². The highest BCUT2D eigenvalue weighted by molar-refractivity contribution is 5.95. The number of nitrogens with zero attached hydrogens (tertiary/aromatic N) is 3. The molecule has 1 heterocycles.